The van der Waals surface area contributed by atoms with Gasteiger partial charge in [-0.15, -0.1) is 0 Å². The van der Waals surface area contributed by atoms with E-state index in [1.165, 1.54) is 25.3 Å². The molecular formula is C15H20FNO2S. The van der Waals surface area contributed by atoms with Crippen molar-refractivity contribution >= 4 is 17.5 Å². The average molecular weight is 297 g/mol. The Hall–Kier alpha value is -1.07. The molecule has 1 heterocycles. The number of methoxy groups -OCH3 is 1. The Kier molecular flexibility index (Phi) is 5.43. The van der Waals surface area contributed by atoms with Crippen LogP contribution in [-0.4, -0.2) is 48.4 Å². The second-order valence-corrected chi connectivity index (χ2v) is 6.31. The molecule has 0 radical (unpaired) electrons. The lowest BCUT2D eigenvalue weighted by molar-refractivity contribution is 0.0929. The maximum atomic E-state index is 13.3. The number of halogens is 1. The number of ketones is 1. The van der Waals surface area contributed by atoms with Gasteiger partial charge in [0.05, 0.1) is 19.2 Å². The first-order valence-electron chi connectivity index (χ1n) is 6.84. The highest BCUT2D eigenvalue weighted by molar-refractivity contribution is 8.00. The van der Waals surface area contributed by atoms with Crippen LogP contribution in [0.4, 0.5) is 4.39 Å². The Labute approximate surface area is 123 Å². The van der Waals surface area contributed by atoms with Gasteiger partial charge < -0.3 is 4.74 Å². The summed E-state index contributed by atoms with van der Waals surface area (Å²) in [5, 5.41) is 0.589. The Morgan fingerprint density at radius 3 is 3.05 bits per heavy atom. The maximum Gasteiger partial charge on any atom is 0.180 e. The van der Waals surface area contributed by atoms with Gasteiger partial charge in [0, 0.05) is 24.1 Å². The van der Waals surface area contributed by atoms with Crippen molar-refractivity contribution < 1.29 is 13.9 Å². The van der Waals surface area contributed by atoms with Crippen molar-refractivity contribution in [2.45, 2.75) is 18.6 Å². The van der Waals surface area contributed by atoms with Gasteiger partial charge in [0.2, 0.25) is 0 Å². The Morgan fingerprint density at radius 1 is 1.55 bits per heavy atom. The van der Waals surface area contributed by atoms with Crippen LogP contribution in [0.15, 0.2) is 18.2 Å². The summed E-state index contributed by atoms with van der Waals surface area (Å²) in [5.74, 6) is 0.999. The summed E-state index contributed by atoms with van der Waals surface area (Å²) < 4.78 is 18.5. The summed E-state index contributed by atoms with van der Waals surface area (Å²) in [7, 11) is 1.49. The van der Waals surface area contributed by atoms with E-state index in [0.717, 1.165) is 25.3 Å². The number of ether oxygens (including phenoxy) is 1. The molecule has 1 aromatic rings. The van der Waals surface area contributed by atoms with Gasteiger partial charge in [-0.25, -0.2) is 4.39 Å². The van der Waals surface area contributed by atoms with Crippen LogP contribution in [0.25, 0.3) is 0 Å². The van der Waals surface area contributed by atoms with Gasteiger partial charge in [0.1, 0.15) is 11.6 Å². The summed E-state index contributed by atoms with van der Waals surface area (Å²) in [5.41, 5.74) is 0.332. The summed E-state index contributed by atoms with van der Waals surface area (Å²) in [6.07, 6.45) is 1.11. The van der Waals surface area contributed by atoms with Crippen LogP contribution < -0.4 is 4.74 Å². The molecule has 1 atom stereocenters. The summed E-state index contributed by atoms with van der Waals surface area (Å²) in [6, 6.07) is 4.07. The minimum absolute atomic E-state index is 0.0805. The molecule has 0 spiro atoms. The molecule has 0 N–H and O–H groups in total. The topological polar surface area (TPSA) is 29.5 Å². The number of carbonyl (C=O) groups excluding carboxylic acids is 1. The van der Waals surface area contributed by atoms with Gasteiger partial charge in [-0.2, -0.15) is 11.8 Å². The van der Waals surface area contributed by atoms with Crippen LogP contribution in [-0.2, 0) is 0 Å². The van der Waals surface area contributed by atoms with Crippen molar-refractivity contribution in [3.05, 3.63) is 29.6 Å². The minimum Gasteiger partial charge on any atom is -0.496 e. The summed E-state index contributed by atoms with van der Waals surface area (Å²) >= 11 is 1.96. The second kappa shape index (κ2) is 7.09. The average Bonchev–Trinajstić information content (AvgIpc) is 2.47. The molecule has 1 saturated heterocycles. The largest absolute Gasteiger partial charge is 0.496 e. The Balaban J connectivity index is 2.06. The number of carbonyl (C=O) groups is 1. The monoisotopic (exact) mass is 297 g/mol. The summed E-state index contributed by atoms with van der Waals surface area (Å²) in [6.45, 7) is 4.32. The van der Waals surface area contributed by atoms with E-state index in [-0.39, 0.29) is 5.78 Å². The number of Topliss-reactive ketones (excluding diaryl/α,β-unsaturated/α-hetero) is 1. The third-order valence-electron chi connectivity index (χ3n) is 3.51. The van der Waals surface area contributed by atoms with Crippen LogP contribution in [0.3, 0.4) is 0 Å². The van der Waals surface area contributed by atoms with E-state index in [1.54, 1.807) is 0 Å². The zero-order chi connectivity index (χ0) is 14.5. The number of rotatable bonds is 5. The quantitative estimate of drug-likeness (QED) is 0.782. The molecule has 0 amide bonds. The molecule has 0 saturated carbocycles. The van der Waals surface area contributed by atoms with Crippen LogP contribution in [0, 0.1) is 5.82 Å². The first-order chi connectivity index (χ1) is 9.63. The van der Waals surface area contributed by atoms with Gasteiger partial charge >= 0.3 is 0 Å². The molecule has 1 fully saturated rings. The zero-order valence-electron chi connectivity index (χ0n) is 11.9. The molecule has 1 aromatic carbocycles. The number of hydrogen-bond donors (Lipinski definition) is 0. The number of nitrogens with zero attached hydrogens (tertiary/aromatic N) is 1. The van der Waals surface area contributed by atoms with Gasteiger partial charge in [-0.3, -0.25) is 9.69 Å². The fraction of sp³-hybridized carbons (Fsp3) is 0.533. The molecule has 3 nitrogen and oxygen atoms in total. The standard InChI is InChI=1S/C15H20FNO2S/c1-3-12-9-17(6-7-20-12)10-14(18)13-8-11(16)4-5-15(13)19-2/h4-5,8,12H,3,6-7,9-10H2,1-2H3. The molecule has 20 heavy (non-hydrogen) atoms. The van der Waals surface area contributed by atoms with Crippen LogP contribution in [0.1, 0.15) is 23.7 Å². The fourth-order valence-corrected chi connectivity index (χ4v) is 3.61. The molecule has 110 valence electrons. The first-order valence-corrected chi connectivity index (χ1v) is 7.89. The molecule has 1 unspecified atom stereocenters. The van der Waals surface area contributed by atoms with E-state index in [9.17, 15) is 9.18 Å². The number of benzene rings is 1. The summed E-state index contributed by atoms with van der Waals surface area (Å²) in [4.78, 5) is 14.5. The SMILES string of the molecule is CCC1CN(CC(=O)c2cc(F)ccc2OC)CCS1. The third-order valence-corrected chi connectivity index (χ3v) is 4.88. The van der Waals surface area contributed by atoms with E-state index in [0.29, 0.717) is 23.1 Å². The van der Waals surface area contributed by atoms with E-state index in [1.807, 2.05) is 11.8 Å². The number of thioether (sulfide) groups is 1. The fourth-order valence-electron chi connectivity index (χ4n) is 2.36. The predicted octanol–water partition coefficient (Wildman–Crippen LogP) is 2.84. The highest BCUT2D eigenvalue weighted by atomic mass is 32.2. The molecular weight excluding hydrogens is 277 g/mol. The van der Waals surface area contributed by atoms with Gasteiger partial charge in [-0.05, 0) is 24.6 Å². The maximum absolute atomic E-state index is 13.3. The highest BCUT2D eigenvalue weighted by Crippen LogP contribution is 2.23. The molecule has 5 heteroatoms. The molecule has 0 bridgehead atoms. The smallest absolute Gasteiger partial charge is 0.180 e. The zero-order valence-corrected chi connectivity index (χ0v) is 12.7. The van der Waals surface area contributed by atoms with Crippen molar-refractivity contribution in [1.29, 1.82) is 0 Å². The van der Waals surface area contributed by atoms with Gasteiger partial charge in [0.25, 0.3) is 0 Å². The minimum atomic E-state index is -0.408. The van der Waals surface area contributed by atoms with Crippen LogP contribution in [0.2, 0.25) is 0 Å². The Morgan fingerprint density at radius 2 is 2.35 bits per heavy atom. The van der Waals surface area contributed by atoms with Gasteiger partial charge in [-0.1, -0.05) is 6.92 Å². The molecule has 2 rings (SSSR count). The van der Waals surface area contributed by atoms with Crippen LogP contribution in [0.5, 0.6) is 5.75 Å². The molecule has 0 aliphatic carbocycles. The Bertz CT molecular complexity index is 481. The molecule has 1 aliphatic rings. The highest BCUT2D eigenvalue weighted by Gasteiger charge is 2.22. The van der Waals surface area contributed by atoms with E-state index in [2.05, 4.69) is 11.8 Å². The lowest BCUT2D eigenvalue weighted by atomic mass is 10.1. The van der Waals surface area contributed by atoms with Crippen molar-refractivity contribution in [1.82, 2.24) is 4.90 Å². The number of hydrogen-bond acceptors (Lipinski definition) is 4. The lowest BCUT2D eigenvalue weighted by Gasteiger charge is -2.31. The van der Waals surface area contributed by atoms with Crippen molar-refractivity contribution in [3.8, 4) is 5.75 Å². The van der Waals surface area contributed by atoms with E-state index in [4.69, 9.17) is 4.74 Å². The van der Waals surface area contributed by atoms with E-state index < -0.39 is 5.82 Å². The lowest BCUT2D eigenvalue weighted by Crippen LogP contribution is -2.40. The normalized spacial score (nSPS) is 19.9. The third kappa shape index (κ3) is 3.73. The molecule has 0 aromatic heterocycles. The van der Waals surface area contributed by atoms with Crippen molar-refractivity contribution in [2.75, 3.05) is 32.5 Å². The van der Waals surface area contributed by atoms with Crippen LogP contribution >= 0.6 is 11.8 Å². The first kappa shape index (κ1) is 15.3. The van der Waals surface area contributed by atoms with Gasteiger partial charge in [0.15, 0.2) is 5.78 Å². The van der Waals surface area contributed by atoms with Crippen molar-refractivity contribution in [2.24, 2.45) is 0 Å². The predicted molar refractivity (Wildman–Crippen MR) is 80.3 cm³/mol. The van der Waals surface area contributed by atoms with E-state index >= 15 is 0 Å². The van der Waals surface area contributed by atoms with Crippen molar-refractivity contribution in [3.63, 3.8) is 0 Å². The second-order valence-electron chi connectivity index (χ2n) is 4.90. The molecule has 1 aliphatic heterocycles.